The molecule has 1 aliphatic heterocycles. The van der Waals surface area contributed by atoms with E-state index in [0.29, 0.717) is 29.1 Å². The first-order chi connectivity index (χ1) is 9.66. The monoisotopic (exact) mass is 297 g/mol. The first kappa shape index (κ1) is 14.3. The van der Waals surface area contributed by atoms with Crippen LogP contribution in [0.15, 0.2) is 18.2 Å². The molecule has 1 aliphatic carbocycles. The van der Waals surface area contributed by atoms with Gasteiger partial charge in [-0.3, -0.25) is 4.90 Å². The smallest absolute Gasteiger partial charge is 0.129 e. The maximum absolute atomic E-state index is 13.9. The minimum Gasteiger partial charge on any atom is -0.393 e. The van der Waals surface area contributed by atoms with Crippen molar-refractivity contribution in [3.8, 4) is 0 Å². The highest BCUT2D eigenvalue weighted by atomic mass is 35.5. The SMILES string of the molecule is OC1CCCC1C1CCCN1Cc1c(F)cccc1Cl. The van der Waals surface area contributed by atoms with Crippen LogP contribution in [0.2, 0.25) is 5.02 Å². The normalized spacial score (nSPS) is 31.1. The lowest BCUT2D eigenvalue weighted by atomic mass is 9.94. The van der Waals surface area contributed by atoms with E-state index < -0.39 is 0 Å². The molecule has 0 bridgehead atoms. The highest BCUT2D eigenvalue weighted by molar-refractivity contribution is 6.31. The fourth-order valence-electron chi connectivity index (χ4n) is 3.84. The molecule has 1 heterocycles. The number of hydrogen-bond donors (Lipinski definition) is 1. The summed E-state index contributed by atoms with van der Waals surface area (Å²) >= 11 is 6.13. The predicted molar refractivity (Wildman–Crippen MR) is 78.2 cm³/mol. The van der Waals surface area contributed by atoms with Crippen molar-refractivity contribution in [1.82, 2.24) is 4.90 Å². The minimum atomic E-state index is -0.227. The lowest BCUT2D eigenvalue weighted by Gasteiger charge is -2.31. The molecule has 3 rings (SSSR count). The molecule has 2 aliphatic rings. The van der Waals surface area contributed by atoms with Crippen LogP contribution in [-0.2, 0) is 6.54 Å². The van der Waals surface area contributed by atoms with Crippen LogP contribution in [0, 0.1) is 11.7 Å². The maximum atomic E-state index is 13.9. The summed E-state index contributed by atoms with van der Waals surface area (Å²) < 4.78 is 13.9. The Morgan fingerprint density at radius 3 is 2.80 bits per heavy atom. The summed E-state index contributed by atoms with van der Waals surface area (Å²) in [5, 5.41) is 10.6. The quantitative estimate of drug-likeness (QED) is 0.921. The Kier molecular flexibility index (Phi) is 4.29. The van der Waals surface area contributed by atoms with E-state index in [9.17, 15) is 9.50 Å². The van der Waals surface area contributed by atoms with Crippen molar-refractivity contribution in [2.24, 2.45) is 5.92 Å². The van der Waals surface area contributed by atoms with Gasteiger partial charge in [-0.1, -0.05) is 24.1 Å². The lowest BCUT2D eigenvalue weighted by molar-refractivity contribution is 0.0715. The van der Waals surface area contributed by atoms with Crippen molar-refractivity contribution in [3.05, 3.63) is 34.6 Å². The van der Waals surface area contributed by atoms with E-state index in [1.54, 1.807) is 12.1 Å². The van der Waals surface area contributed by atoms with Gasteiger partial charge in [0.05, 0.1) is 6.10 Å². The number of halogens is 2. The summed E-state index contributed by atoms with van der Waals surface area (Å²) in [5.74, 6) is 0.123. The third kappa shape index (κ3) is 2.72. The fourth-order valence-corrected chi connectivity index (χ4v) is 4.06. The Hall–Kier alpha value is -0.640. The molecule has 0 spiro atoms. The highest BCUT2D eigenvalue weighted by Crippen LogP contribution is 2.37. The Morgan fingerprint density at radius 1 is 1.25 bits per heavy atom. The molecular formula is C16H21ClFNO. The summed E-state index contributed by atoms with van der Waals surface area (Å²) in [6, 6.07) is 5.23. The highest BCUT2D eigenvalue weighted by Gasteiger charge is 2.38. The van der Waals surface area contributed by atoms with Crippen LogP contribution in [-0.4, -0.2) is 28.7 Å². The second-order valence-corrected chi connectivity index (χ2v) is 6.45. The van der Waals surface area contributed by atoms with Crippen molar-refractivity contribution in [3.63, 3.8) is 0 Å². The molecule has 1 aromatic rings. The van der Waals surface area contributed by atoms with E-state index in [-0.39, 0.29) is 11.9 Å². The number of nitrogens with zero attached hydrogens (tertiary/aromatic N) is 1. The van der Waals surface area contributed by atoms with Gasteiger partial charge in [0.15, 0.2) is 0 Å². The van der Waals surface area contributed by atoms with Crippen LogP contribution in [0.3, 0.4) is 0 Å². The molecule has 20 heavy (non-hydrogen) atoms. The molecule has 2 fully saturated rings. The van der Waals surface area contributed by atoms with E-state index in [2.05, 4.69) is 4.90 Å². The number of rotatable bonds is 3. The van der Waals surface area contributed by atoms with Crippen LogP contribution in [0.5, 0.6) is 0 Å². The molecule has 1 N–H and O–H groups in total. The number of aliphatic hydroxyl groups excluding tert-OH is 1. The summed E-state index contributed by atoms with van der Waals surface area (Å²) in [4.78, 5) is 2.31. The molecule has 3 unspecified atom stereocenters. The molecular weight excluding hydrogens is 277 g/mol. The molecule has 1 aromatic carbocycles. The van der Waals surface area contributed by atoms with Gasteiger partial charge in [-0.15, -0.1) is 0 Å². The van der Waals surface area contributed by atoms with Crippen LogP contribution in [0.4, 0.5) is 4.39 Å². The first-order valence-corrected chi connectivity index (χ1v) is 7.89. The molecule has 3 atom stereocenters. The first-order valence-electron chi connectivity index (χ1n) is 7.52. The molecule has 0 aromatic heterocycles. The average Bonchev–Trinajstić information content (AvgIpc) is 3.02. The largest absolute Gasteiger partial charge is 0.393 e. The van der Waals surface area contributed by atoms with Gasteiger partial charge in [0.1, 0.15) is 5.82 Å². The van der Waals surface area contributed by atoms with E-state index in [1.807, 2.05) is 0 Å². The summed E-state index contributed by atoms with van der Waals surface area (Å²) in [6.45, 7) is 1.53. The van der Waals surface area contributed by atoms with Crippen molar-refractivity contribution in [2.45, 2.75) is 50.8 Å². The van der Waals surface area contributed by atoms with Crippen LogP contribution in [0.25, 0.3) is 0 Å². The van der Waals surface area contributed by atoms with E-state index in [1.165, 1.54) is 6.07 Å². The molecule has 110 valence electrons. The molecule has 4 heteroatoms. The second-order valence-electron chi connectivity index (χ2n) is 6.04. The second kappa shape index (κ2) is 6.00. The van der Waals surface area contributed by atoms with Crippen LogP contribution >= 0.6 is 11.6 Å². The van der Waals surface area contributed by atoms with Gasteiger partial charge >= 0.3 is 0 Å². The molecule has 0 radical (unpaired) electrons. The average molecular weight is 298 g/mol. The van der Waals surface area contributed by atoms with Gasteiger partial charge in [-0.2, -0.15) is 0 Å². The predicted octanol–water partition coefficient (Wildman–Crippen LogP) is 3.60. The molecule has 2 nitrogen and oxygen atoms in total. The topological polar surface area (TPSA) is 23.5 Å². The van der Waals surface area contributed by atoms with Gasteiger partial charge in [0.2, 0.25) is 0 Å². The maximum Gasteiger partial charge on any atom is 0.129 e. The van der Waals surface area contributed by atoms with E-state index in [4.69, 9.17) is 11.6 Å². The van der Waals surface area contributed by atoms with Crippen LogP contribution in [0.1, 0.15) is 37.7 Å². The lowest BCUT2D eigenvalue weighted by Crippen LogP contribution is -2.38. The third-order valence-corrected chi connectivity index (χ3v) is 5.22. The Balaban J connectivity index is 1.76. The van der Waals surface area contributed by atoms with Gasteiger partial charge in [0, 0.05) is 29.1 Å². The molecule has 0 amide bonds. The van der Waals surface area contributed by atoms with E-state index >= 15 is 0 Å². The Bertz CT molecular complexity index is 461. The zero-order valence-electron chi connectivity index (χ0n) is 11.6. The van der Waals surface area contributed by atoms with Crippen molar-refractivity contribution >= 4 is 11.6 Å². The Labute approximate surface area is 124 Å². The van der Waals surface area contributed by atoms with Crippen molar-refractivity contribution < 1.29 is 9.50 Å². The minimum absolute atomic E-state index is 0.184. The summed E-state index contributed by atoms with van der Waals surface area (Å²) in [5.41, 5.74) is 0.591. The number of benzene rings is 1. The van der Waals surface area contributed by atoms with Gasteiger partial charge in [-0.25, -0.2) is 4.39 Å². The van der Waals surface area contributed by atoms with Gasteiger partial charge < -0.3 is 5.11 Å². The van der Waals surface area contributed by atoms with Gasteiger partial charge in [0.25, 0.3) is 0 Å². The standard InChI is InChI=1S/C16H21ClFNO/c17-13-5-2-6-14(18)12(13)10-19-9-3-7-15(19)11-4-1-8-16(11)20/h2,5-6,11,15-16,20H,1,3-4,7-10H2. The van der Waals surface area contributed by atoms with Crippen molar-refractivity contribution in [1.29, 1.82) is 0 Å². The number of aliphatic hydroxyl groups is 1. The summed E-state index contributed by atoms with van der Waals surface area (Å²) in [6.07, 6.45) is 5.16. The summed E-state index contributed by atoms with van der Waals surface area (Å²) in [7, 11) is 0. The zero-order valence-corrected chi connectivity index (χ0v) is 12.3. The van der Waals surface area contributed by atoms with Crippen LogP contribution < -0.4 is 0 Å². The number of likely N-dealkylation sites (tertiary alicyclic amines) is 1. The Morgan fingerprint density at radius 2 is 2.10 bits per heavy atom. The molecule has 1 saturated heterocycles. The zero-order chi connectivity index (χ0) is 14.1. The molecule has 1 saturated carbocycles. The third-order valence-electron chi connectivity index (χ3n) is 4.86. The number of hydrogen-bond acceptors (Lipinski definition) is 2. The van der Waals surface area contributed by atoms with Gasteiger partial charge in [-0.05, 0) is 44.4 Å². The van der Waals surface area contributed by atoms with E-state index in [0.717, 1.165) is 38.6 Å². The fraction of sp³-hybridized carbons (Fsp3) is 0.625. The van der Waals surface area contributed by atoms with Crippen molar-refractivity contribution in [2.75, 3.05) is 6.54 Å².